The lowest BCUT2D eigenvalue weighted by Crippen LogP contribution is -2.26. The molecule has 0 radical (unpaired) electrons. The first-order valence-electron chi connectivity index (χ1n) is 9.08. The summed E-state index contributed by atoms with van der Waals surface area (Å²) in [6, 6.07) is 12.7. The van der Waals surface area contributed by atoms with E-state index in [1.807, 2.05) is 24.3 Å². The van der Waals surface area contributed by atoms with Gasteiger partial charge in [0.2, 0.25) is 0 Å². The fourth-order valence-corrected chi connectivity index (χ4v) is 3.58. The second-order valence-corrected chi connectivity index (χ2v) is 7.09. The van der Waals surface area contributed by atoms with Gasteiger partial charge in [-0.25, -0.2) is 9.18 Å². The number of carbonyl (C=O) groups is 1. The maximum absolute atomic E-state index is 13.0. The van der Waals surface area contributed by atoms with Crippen molar-refractivity contribution in [3.63, 3.8) is 0 Å². The molecule has 3 rings (SSSR count). The predicted molar refractivity (Wildman–Crippen MR) is 103 cm³/mol. The maximum Gasteiger partial charge on any atom is 0.318 e. The van der Waals surface area contributed by atoms with Crippen LogP contribution in [0.3, 0.4) is 0 Å². The Balaban J connectivity index is 1.62. The number of rotatable bonds is 5. The van der Waals surface area contributed by atoms with Crippen LogP contribution in [0.15, 0.2) is 42.5 Å². The van der Waals surface area contributed by atoms with Gasteiger partial charge in [-0.1, -0.05) is 29.8 Å². The van der Waals surface area contributed by atoms with Crippen molar-refractivity contribution < 1.29 is 9.18 Å². The van der Waals surface area contributed by atoms with Crippen LogP contribution >= 0.6 is 0 Å². The Morgan fingerprint density at radius 2 is 2.00 bits per heavy atom. The summed E-state index contributed by atoms with van der Waals surface area (Å²) < 4.78 is 13.0. The lowest BCUT2D eigenvalue weighted by Gasteiger charge is -2.19. The molecule has 1 heterocycles. The van der Waals surface area contributed by atoms with Gasteiger partial charge in [0.1, 0.15) is 5.82 Å². The maximum atomic E-state index is 13.0. The standard InChI is InChI=1S/C21H26FN3O/c1-15-3-8-20(24-21(26)23-2)18(11-15)14-25-10-9-17(13-25)12-16-4-6-19(22)7-5-16/h3-8,11,17H,9-10,12-14H2,1-2H3,(H2,23,24,26). The van der Waals surface area contributed by atoms with Crippen molar-refractivity contribution in [3.05, 3.63) is 65.0 Å². The van der Waals surface area contributed by atoms with Gasteiger partial charge < -0.3 is 10.6 Å². The molecule has 2 amide bonds. The topological polar surface area (TPSA) is 44.4 Å². The van der Waals surface area contributed by atoms with Gasteiger partial charge in [0.05, 0.1) is 0 Å². The Morgan fingerprint density at radius 1 is 1.23 bits per heavy atom. The molecule has 1 aliphatic heterocycles. The smallest absolute Gasteiger partial charge is 0.318 e. The number of likely N-dealkylation sites (tertiary alicyclic amines) is 1. The summed E-state index contributed by atoms with van der Waals surface area (Å²) in [5.41, 5.74) is 4.37. The molecule has 0 spiro atoms. The number of anilines is 1. The second kappa shape index (κ2) is 8.32. The van der Waals surface area contributed by atoms with Crippen molar-refractivity contribution in [3.8, 4) is 0 Å². The number of nitrogens with zero attached hydrogens (tertiary/aromatic N) is 1. The van der Waals surface area contributed by atoms with E-state index in [2.05, 4.69) is 28.5 Å². The van der Waals surface area contributed by atoms with Crippen molar-refractivity contribution >= 4 is 11.7 Å². The molecular formula is C21H26FN3O. The molecular weight excluding hydrogens is 329 g/mol. The van der Waals surface area contributed by atoms with E-state index in [0.29, 0.717) is 5.92 Å². The van der Waals surface area contributed by atoms with Gasteiger partial charge in [-0.2, -0.15) is 0 Å². The Morgan fingerprint density at radius 3 is 2.73 bits per heavy atom. The highest BCUT2D eigenvalue weighted by atomic mass is 19.1. The number of amides is 2. The number of hydrogen-bond donors (Lipinski definition) is 2. The number of carbonyl (C=O) groups excluding carboxylic acids is 1. The van der Waals surface area contributed by atoms with Gasteiger partial charge in [0.15, 0.2) is 0 Å². The van der Waals surface area contributed by atoms with Crippen LogP contribution < -0.4 is 10.6 Å². The van der Waals surface area contributed by atoms with Gasteiger partial charge in [0, 0.05) is 25.8 Å². The van der Waals surface area contributed by atoms with E-state index in [9.17, 15) is 9.18 Å². The molecule has 4 nitrogen and oxygen atoms in total. The van der Waals surface area contributed by atoms with Gasteiger partial charge in [-0.05, 0) is 61.6 Å². The van der Waals surface area contributed by atoms with E-state index in [4.69, 9.17) is 0 Å². The first-order chi connectivity index (χ1) is 12.5. The zero-order valence-corrected chi connectivity index (χ0v) is 15.4. The number of hydrogen-bond acceptors (Lipinski definition) is 2. The SMILES string of the molecule is CNC(=O)Nc1ccc(C)cc1CN1CCC(Cc2ccc(F)cc2)C1. The molecule has 138 valence electrons. The molecule has 2 aromatic carbocycles. The largest absolute Gasteiger partial charge is 0.341 e. The van der Waals surface area contributed by atoms with Crippen LogP contribution in [0.4, 0.5) is 14.9 Å². The Labute approximate surface area is 154 Å². The summed E-state index contributed by atoms with van der Waals surface area (Å²) >= 11 is 0. The first-order valence-corrected chi connectivity index (χ1v) is 9.08. The van der Waals surface area contributed by atoms with Crippen LogP contribution in [0.5, 0.6) is 0 Å². The average molecular weight is 355 g/mol. The highest BCUT2D eigenvalue weighted by Gasteiger charge is 2.23. The Bertz CT molecular complexity index is 760. The summed E-state index contributed by atoms with van der Waals surface area (Å²) in [7, 11) is 1.61. The molecule has 0 aromatic heterocycles. The zero-order valence-electron chi connectivity index (χ0n) is 15.4. The Hall–Kier alpha value is -2.40. The van der Waals surface area contributed by atoms with Crippen LogP contribution in [-0.4, -0.2) is 31.1 Å². The molecule has 1 unspecified atom stereocenters. The number of nitrogens with one attached hydrogen (secondary N) is 2. The quantitative estimate of drug-likeness (QED) is 0.853. The molecule has 2 aromatic rings. The number of urea groups is 1. The Kier molecular flexibility index (Phi) is 5.89. The lowest BCUT2D eigenvalue weighted by atomic mass is 9.99. The van der Waals surface area contributed by atoms with E-state index in [1.54, 1.807) is 7.05 Å². The summed E-state index contributed by atoms with van der Waals surface area (Å²) in [6.07, 6.45) is 2.12. The van der Waals surface area contributed by atoms with Crippen molar-refractivity contribution in [2.75, 3.05) is 25.5 Å². The fourth-order valence-electron chi connectivity index (χ4n) is 3.58. The lowest BCUT2D eigenvalue weighted by molar-refractivity contribution is 0.254. The normalized spacial score (nSPS) is 17.3. The van der Waals surface area contributed by atoms with Gasteiger partial charge in [-0.15, -0.1) is 0 Å². The van der Waals surface area contributed by atoms with Crippen molar-refractivity contribution in [1.29, 1.82) is 0 Å². The first kappa shape index (κ1) is 18.4. The minimum absolute atomic E-state index is 0.183. The third-order valence-electron chi connectivity index (χ3n) is 4.94. The summed E-state index contributed by atoms with van der Waals surface area (Å²) in [4.78, 5) is 14.1. The molecule has 0 saturated carbocycles. The summed E-state index contributed by atoms with van der Waals surface area (Å²) in [5.74, 6) is 0.401. The number of halogens is 1. The van der Waals surface area contributed by atoms with E-state index >= 15 is 0 Å². The average Bonchev–Trinajstić information content (AvgIpc) is 3.06. The minimum Gasteiger partial charge on any atom is -0.341 e. The van der Waals surface area contributed by atoms with Gasteiger partial charge in [0.25, 0.3) is 0 Å². The molecule has 1 aliphatic rings. The van der Waals surface area contributed by atoms with E-state index in [1.165, 1.54) is 23.3 Å². The monoisotopic (exact) mass is 355 g/mol. The molecule has 0 aliphatic carbocycles. The third kappa shape index (κ3) is 4.82. The van der Waals surface area contributed by atoms with Crippen molar-refractivity contribution in [2.24, 2.45) is 5.92 Å². The minimum atomic E-state index is -0.203. The molecule has 5 heteroatoms. The van der Waals surface area contributed by atoms with Crippen LogP contribution in [0.1, 0.15) is 23.1 Å². The second-order valence-electron chi connectivity index (χ2n) is 7.09. The zero-order chi connectivity index (χ0) is 18.5. The van der Waals surface area contributed by atoms with E-state index in [-0.39, 0.29) is 11.8 Å². The fraction of sp³-hybridized carbons (Fsp3) is 0.381. The van der Waals surface area contributed by atoms with Crippen LogP contribution in [0.25, 0.3) is 0 Å². The van der Waals surface area contributed by atoms with Crippen molar-refractivity contribution in [2.45, 2.75) is 26.3 Å². The van der Waals surface area contributed by atoms with Crippen LogP contribution in [-0.2, 0) is 13.0 Å². The van der Waals surface area contributed by atoms with Gasteiger partial charge >= 0.3 is 6.03 Å². The molecule has 2 N–H and O–H groups in total. The molecule has 0 bridgehead atoms. The van der Waals surface area contributed by atoms with Crippen LogP contribution in [0, 0.1) is 18.7 Å². The summed E-state index contributed by atoms with van der Waals surface area (Å²) in [5, 5.41) is 5.50. The molecule has 1 fully saturated rings. The van der Waals surface area contributed by atoms with E-state index in [0.717, 1.165) is 43.7 Å². The predicted octanol–water partition coefficient (Wildman–Crippen LogP) is 3.95. The highest BCUT2D eigenvalue weighted by molar-refractivity contribution is 5.89. The molecule has 1 atom stereocenters. The van der Waals surface area contributed by atoms with Crippen molar-refractivity contribution in [1.82, 2.24) is 10.2 Å². The summed E-state index contributed by atoms with van der Waals surface area (Å²) in [6.45, 7) is 4.94. The third-order valence-corrected chi connectivity index (χ3v) is 4.94. The molecule has 26 heavy (non-hydrogen) atoms. The molecule has 1 saturated heterocycles. The number of aryl methyl sites for hydroxylation is 1. The number of benzene rings is 2. The van der Waals surface area contributed by atoms with Gasteiger partial charge in [-0.3, -0.25) is 4.90 Å². The highest BCUT2D eigenvalue weighted by Crippen LogP contribution is 2.25. The van der Waals surface area contributed by atoms with Crippen LogP contribution in [0.2, 0.25) is 0 Å². The van der Waals surface area contributed by atoms with E-state index < -0.39 is 0 Å².